The van der Waals surface area contributed by atoms with E-state index in [0.717, 1.165) is 25.3 Å². The van der Waals surface area contributed by atoms with Crippen molar-refractivity contribution in [3.63, 3.8) is 0 Å². The lowest BCUT2D eigenvalue weighted by Crippen LogP contribution is -2.39. The van der Waals surface area contributed by atoms with Gasteiger partial charge in [-0.15, -0.1) is 0 Å². The minimum Gasteiger partial charge on any atom is -0.370 e. The van der Waals surface area contributed by atoms with E-state index in [4.69, 9.17) is 0 Å². The van der Waals surface area contributed by atoms with E-state index in [1.807, 2.05) is 6.07 Å². The predicted octanol–water partition coefficient (Wildman–Crippen LogP) is 2.65. The van der Waals surface area contributed by atoms with Crippen molar-refractivity contribution in [1.29, 1.82) is 0 Å². The highest BCUT2D eigenvalue weighted by Crippen LogP contribution is 2.15. The van der Waals surface area contributed by atoms with Crippen molar-refractivity contribution in [1.82, 2.24) is 5.32 Å². The zero-order valence-corrected chi connectivity index (χ0v) is 10.3. The molecule has 0 saturated heterocycles. The molecule has 2 nitrogen and oxygen atoms in total. The molecule has 16 heavy (non-hydrogen) atoms. The molecule has 1 N–H and O–H groups in total. The Balaban J connectivity index is 2.67. The number of halogens is 1. The lowest BCUT2D eigenvalue weighted by Gasteiger charge is -2.27. The molecular weight excluding hydrogens is 203 g/mol. The molecule has 0 bridgehead atoms. The summed E-state index contributed by atoms with van der Waals surface area (Å²) in [6, 6.07) is 7.18. The van der Waals surface area contributed by atoms with Crippen molar-refractivity contribution >= 4 is 5.69 Å². The van der Waals surface area contributed by atoms with Gasteiger partial charge in [-0.3, -0.25) is 0 Å². The van der Waals surface area contributed by atoms with E-state index in [2.05, 4.69) is 31.0 Å². The number of nitrogens with zero attached hydrogens (tertiary/aromatic N) is 1. The fourth-order valence-corrected chi connectivity index (χ4v) is 1.83. The summed E-state index contributed by atoms with van der Waals surface area (Å²) >= 11 is 0. The van der Waals surface area contributed by atoms with Gasteiger partial charge in [-0.05, 0) is 38.6 Å². The third-order valence-electron chi connectivity index (χ3n) is 2.60. The summed E-state index contributed by atoms with van der Waals surface area (Å²) in [6.07, 6.45) is 0. The minimum absolute atomic E-state index is 0.174. The molecule has 3 heteroatoms. The Morgan fingerprint density at radius 3 is 2.69 bits per heavy atom. The fourth-order valence-electron chi connectivity index (χ4n) is 1.83. The van der Waals surface area contributed by atoms with Crippen LogP contribution in [0.4, 0.5) is 10.1 Å². The molecule has 1 unspecified atom stereocenters. The van der Waals surface area contributed by atoms with E-state index >= 15 is 0 Å². The van der Waals surface area contributed by atoms with Crippen LogP contribution in [0.3, 0.4) is 0 Å². The summed E-state index contributed by atoms with van der Waals surface area (Å²) in [5.74, 6) is -0.174. The van der Waals surface area contributed by atoms with E-state index in [1.54, 1.807) is 12.1 Å². The first kappa shape index (κ1) is 13.0. The molecule has 0 heterocycles. The fraction of sp³-hybridized carbons (Fsp3) is 0.538. The maximum atomic E-state index is 13.1. The van der Waals surface area contributed by atoms with Gasteiger partial charge in [0.05, 0.1) is 0 Å². The number of hydrogen-bond acceptors (Lipinski definition) is 2. The van der Waals surface area contributed by atoms with Crippen LogP contribution in [0, 0.1) is 5.82 Å². The second kappa shape index (κ2) is 6.48. The molecule has 1 rings (SSSR count). The standard InChI is InChI=1S/C13H21FN2/c1-4-15-11(3)10-16(5-2)13-8-6-7-12(14)9-13/h6-9,11,15H,4-5,10H2,1-3H3. The van der Waals surface area contributed by atoms with Gasteiger partial charge in [0.1, 0.15) is 5.82 Å². The smallest absolute Gasteiger partial charge is 0.125 e. The number of anilines is 1. The Kier molecular flexibility index (Phi) is 5.26. The molecule has 90 valence electrons. The van der Waals surface area contributed by atoms with E-state index in [-0.39, 0.29) is 5.82 Å². The molecule has 0 aromatic heterocycles. The Labute approximate surface area is 97.5 Å². The largest absolute Gasteiger partial charge is 0.370 e. The molecule has 0 aliphatic heterocycles. The average Bonchev–Trinajstić information content (AvgIpc) is 2.26. The highest BCUT2D eigenvalue weighted by Gasteiger charge is 2.08. The summed E-state index contributed by atoms with van der Waals surface area (Å²) < 4.78 is 13.1. The summed E-state index contributed by atoms with van der Waals surface area (Å²) in [6.45, 7) is 9.07. The molecule has 1 atom stereocenters. The summed E-state index contributed by atoms with van der Waals surface area (Å²) in [7, 11) is 0. The molecule has 0 radical (unpaired) electrons. The highest BCUT2D eigenvalue weighted by molar-refractivity contribution is 5.46. The van der Waals surface area contributed by atoms with Crippen LogP contribution in [0.1, 0.15) is 20.8 Å². The Morgan fingerprint density at radius 1 is 1.38 bits per heavy atom. The normalized spacial score (nSPS) is 12.5. The lowest BCUT2D eigenvalue weighted by molar-refractivity contribution is 0.554. The molecule has 0 spiro atoms. The van der Waals surface area contributed by atoms with Crippen molar-refractivity contribution < 1.29 is 4.39 Å². The third-order valence-corrected chi connectivity index (χ3v) is 2.60. The number of nitrogens with one attached hydrogen (secondary N) is 1. The Morgan fingerprint density at radius 2 is 2.12 bits per heavy atom. The van der Waals surface area contributed by atoms with E-state index in [1.165, 1.54) is 6.07 Å². The van der Waals surface area contributed by atoms with Crippen molar-refractivity contribution in [2.75, 3.05) is 24.5 Å². The Hall–Kier alpha value is -1.09. The van der Waals surface area contributed by atoms with Gasteiger partial charge in [0, 0.05) is 24.8 Å². The van der Waals surface area contributed by atoms with Crippen LogP contribution in [0.15, 0.2) is 24.3 Å². The van der Waals surface area contributed by atoms with Gasteiger partial charge >= 0.3 is 0 Å². The van der Waals surface area contributed by atoms with Crippen molar-refractivity contribution in [2.24, 2.45) is 0 Å². The maximum absolute atomic E-state index is 13.1. The van der Waals surface area contributed by atoms with Gasteiger partial charge in [0.2, 0.25) is 0 Å². The van der Waals surface area contributed by atoms with E-state index in [0.29, 0.717) is 6.04 Å². The zero-order valence-electron chi connectivity index (χ0n) is 10.3. The maximum Gasteiger partial charge on any atom is 0.125 e. The highest BCUT2D eigenvalue weighted by atomic mass is 19.1. The van der Waals surface area contributed by atoms with Crippen LogP contribution < -0.4 is 10.2 Å². The molecule has 0 aliphatic carbocycles. The second-order valence-corrected chi connectivity index (χ2v) is 3.98. The van der Waals surface area contributed by atoms with Gasteiger partial charge in [-0.1, -0.05) is 13.0 Å². The van der Waals surface area contributed by atoms with Crippen LogP contribution in [-0.2, 0) is 0 Å². The van der Waals surface area contributed by atoms with Gasteiger partial charge in [0.15, 0.2) is 0 Å². The van der Waals surface area contributed by atoms with Crippen LogP contribution in [0.25, 0.3) is 0 Å². The van der Waals surface area contributed by atoms with E-state index in [9.17, 15) is 4.39 Å². The summed E-state index contributed by atoms with van der Waals surface area (Å²) in [5, 5.41) is 3.36. The van der Waals surface area contributed by atoms with Crippen molar-refractivity contribution in [3.8, 4) is 0 Å². The van der Waals surface area contributed by atoms with E-state index < -0.39 is 0 Å². The molecular formula is C13H21FN2. The molecule has 1 aromatic carbocycles. The first-order valence-electron chi connectivity index (χ1n) is 5.91. The SMILES string of the molecule is CCNC(C)CN(CC)c1cccc(F)c1. The molecule has 0 aliphatic rings. The zero-order chi connectivity index (χ0) is 12.0. The summed E-state index contributed by atoms with van der Waals surface area (Å²) in [5.41, 5.74) is 0.951. The molecule has 0 fully saturated rings. The monoisotopic (exact) mass is 224 g/mol. The van der Waals surface area contributed by atoms with Gasteiger partial charge in [-0.2, -0.15) is 0 Å². The number of likely N-dealkylation sites (N-methyl/N-ethyl adjacent to an activating group) is 2. The molecule has 0 amide bonds. The van der Waals surface area contributed by atoms with Gasteiger partial charge in [-0.25, -0.2) is 4.39 Å². The first-order chi connectivity index (χ1) is 7.67. The van der Waals surface area contributed by atoms with Crippen LogP contribution in [-0.4, -0.2) is 25.7 Å². The summed E-state index contributed by atoms with van der Waals surface area (Å²) in [4.78, 5) is 2.18. The van der Waals surface area contributed by atoms with Gasteiger partial charge in [0.25, 0.3) is 0 Å². The lowest BCUT2D eigenvalue weighted by atomic mass is 10.2. The quantitative estimate of drug-likeness (QED) is 0.799. The molecule has 0 saturated carbocycles. The number of hydrogen-bond donors (Lipinski definition) is 1. The minimum atomic E-state index is -0.174. The number of rotatable bonds is 6. The predicted molar refractivity (Wildman–Crippen MR) is 67.4 cm³/mol. The average molecular weight is 224 g/mol. The first-order valence-corrected chi connectivity index (χ1v) is 5.91. The Bertz CT molecular complexity index is 315. The second-order valence-electron chi connectivity index (χ2n) is 3.98. The van der Waals surface area contributed by atoms with Crippen LogP contribution in [0.5, 0.6) is 0 Å². The number of benzene rings is 1. The van der Waals surface area contributed by atoms with Gasteiger partial charge < -0.3 is 10.2 Å². The topological polar surface area (TPSA) is 15.3 Å². The molecule has 1 aromatic rings. The third kappa shape index (κ3) is 3.81. The van der Waals surface area contributed by atoms with Crippen molar-refractivity contribution in [3.05, 3.63) is 30.1 Å². The van der Waals surface area contributed by atoms with Crippen LogP contribution >= 0.6 is 0 Å². The van der Waals surface area contributed by atoms with Crippen LogP contribution in [0.2, 0.25) is 0 Å². The van der Waals surface area contributed by atoms with Crippen molar-refractivity contribution in [2.45, 2.75) is 26.8 Å².